The Balaban J connectivity index is 1.07. The highest BCUT2D eigenvalue weighted by atomic mass is 16.5. The largest absolute Gasteiger partial charge is 0.481 e. The minimum atomic E-state index is -0.260. The van der Waals surface area contributed by atoms with Crippen LogP contribution in [0.1, 0.15) is 35.7 Å². The fourth-order valence-corrected chi connectivity index (χ4v) is 6.80. The lowest BCUT2D eigenvalue weighted by Gasteiger charge is -2.29. The van der Waals surface area contributed by atoms with Crippen LogP contribution >= 0.6 is 0 Å². The quantitative estimate of drug-likeness (QED) is 0.322. The Kier molecular flexibility index (Phi) is 6.34. The van der Waals surface area contributed by atoms with Crippen molar-refractivity contribution in [3.8, 4) is 34.2 Å². The molecule has 7 rings (SSSR count). The van der Waals surface area contributed by atoms with Crippen LogP contribution in [0.15, 0.2) is 67.5 Å². The van der Waals surface area contributed by atoms with E-state index in [4.69, 9.17) is 9.72 Å². The van der Waals surface area contributed by atoms with Crippen LogP contribution in [0.3, 0.4) is 0 Å². The van der Waals surface area contributed by atoms with Gasteiger partial charge in [0.05, 0.1) is 36.1 Å². The van der Waals surface area contributed by atoms with E-state index >= 15 is 0 Å². The molecule has 1 aliphatic carbocycles. The van der Waals surface area contributed by atoms with Gasteiger partial charge in [-0.2, -0.15) is 15.5 Å². The highest BCUT2D eigenvalue weighted by Gasteiger charge is 2.47. The molecule has 0 aromatic carbocycles. The molecule has 1 N–H and O–H groups in total. The van der Waals surface area contributed by atoms with E-state index in [0.29, 0.717) is 28.8 Å². The number of carbonyl (C=O) groups excluding carboxylic acids is 1. The zero-order chi connectivity index (χ0) is 29.7. The van der Waals surface area contributed by atoms with Crippen LogP contribution < -0.4 is 15.0 Å². The van der Waals surface area contributed by atoms with Gasteiger partial charge in [0.2, 0.25) is 5.88 Å². The number of hydrogen-bond acceptors (Lipinski definition) is 8. The summed E-state index contributed by atoms with van der Waals surface area (Å²) in [6.07, 6.45) is 12.6. The molecule has 0 spiro atoms. The SMILES string of the molecule is COc1ccc(C(=O)N[C@]2(C)C[C@H]3CN(c4ccc(-c5cc(-c6cnn(C)c6)cn6ncc(C#N)c56)cn4)C[C@H]3C2)cn1. The van der Waals surface area contributed by atoms with Gasteiger partial charge in [0.1, 0.15) is 11.9 Å². The number of aryl methyl sites for hydroxylation is 1. The van der Waals surface area contributed by atoms with Crippen molar-refractivity contribution < 1.29 is 9.53 Å². The Hall–Kier alpha value is -5.24. The second-order valence-corrected chi connectivity index (χ2v) is 11.9. The number of pyridine rings is 3. The first kappa shape index (κ1) is 26.6. The first-order valence-electron chi connectivity index (χ1n) is 14.3. The molecular weight excluding hydrogens is 542 g/mol. The van der Waals surface area contributed by atoms with Crippen molar-refractivity contribution in [2.24, 2.45) is 18.9 Å². The van der Waals surface area contributed by atoms with Crippen LogP contribution in [0.25, 0.3) is 27.8 Å². The Morgan fingerprint density at radius 2 is 1.81 bits per heavy atom. The van der Waals surface area contributed by atoms with Gasteiger partial charge in [-0.05, 0) is 55.9 Å². The van der Waals surface area contributed by atoms with Gasteiger partial charge in [0.15, 0.2) is 0 Å². The molecule has 3 atom stereocenters. The number of carbonyl (C=O) groups is 1. The molecule has 6 heterocycles. The highest BCUT2D eigenvalue weighted by molar-refractivity contribution is 5.94. The first-order valence-corrected chi connectivity index (χ1v) is 14.3. The molecule has 1 aliphatic heterocycles. The summed E-state index contributed by atoms with van der Waals surface area (Å²) >= 11 is 0. The average molecular weight is 574 g/mol. The van der Waals surface area contributed by atoms with E-state index in [9.17, 15) is 10.1 Å². The van der Waals surface area contributed by atoms with Crippen molar-refractivity contribution in [3.05, 3.63) is 78.6 Å². The Morgan fingerprint density at radius 1 is 1.00 bits per heavy atom. The second kappa shape index (κ2) is 10.2. The minimum absolute atomic E-state index is 0.105. The van der Waals surface area contributed by atoms with Crippen molar-refractivity contribution in [1.82, 2.24) is 34.7 Å². The number of methoxy groups -OCH3 is 1. The Bertz CT molecular complexity index is 1850. The fourth-order valence-electron chi connectivity index (χ4n) is 6.80. The molecular formula is C32H31N9O2. The fraction of sp³-hybridized carbons (Fsp3) is 0.312. The zero-order valence-corrected chi connectivity index (χ0v) is 24.2. The van der Waals surface area contributed by atoms with Crippen LogP contribution in [0.2, 0.25) is 0 Å². The average Bonchev–Trinajstić information content (AvgIpc) is 3.79. The normalized spacial score (nSPS) is 21.1. The lowest BCUT2D eigenvalue weighted by molar-refractivity contribution is 0.0904. The van der Waals surface area contributed by atoms with E-state index in [-0.39, 0.29) is 11.4 Å². The van der Waals surface area contributed by atoms with Gasteiger partial charge in [0.25, 0.3) is 5.91 Å². The van der Waals surface area contributed by atoms with E-state index in [2.05, 4.69) is 56.6 Å². The van der Waals surface area contributed by atoms with Gasteiger partial charge in [-0.3, -0.25) is 9.48 Å². The highest BCUT2D eigenvalue weighted by Crippen LogP contribution is 2.45. The summed E-state index contributed by atoms with van der Waals surface area (Å²) in [4.78, 5) is 24.3. The molecule has 2 aliphatic rings. The van der Waals surface area contributed by atoms with E-state index < -0.39 is 0 Å². The topological polar surface area (TPSA) is 126 Å². The molecule has 1 saturated heterocycles. The summed E-state index contributed by atoms with van der Waals surface area (Å²) in [6.45, 7) is 3.94. The molecule has 43 heavy (non-hydrogen) atoms. The van der Waals surface area contributed by atoms with E-state index in [1.54, 1.807) is 40.8 Å². The third-order valence-corrected chi connectivity index (χ3v) is 8.78. The smallest absolute Gasteiger partial charge is 0.253 e. The van der Waals surface area contributed by atoms with Crippen molar-refractivity contribution in [1.29, 1.82) is 5.26 Å². The van der Waals surface area contributed by atoms with Gasteiger partial charge in [-0.25, -0.2) is 14.5 Å². The van der Waals surface area contributed by atoms with Crippen LogP contribution in [0.5, 0.6) is 5.88 Å². The van der Waals surface area contributed by atoms with Gasteiger partial charge in [0, 0.05) is 78.8 Å². The maximum Gasteiger partial charge on any atom is 0.253 e. The summed E-state index contributed by atoms with van der Waals surface area (Å²) in [6, 6.07) is 11.9. The summed E-state index contributed by atoms with van der Waals surface area (Å²) in [7, 11) is 3.44. The van der Waals surface area contributed by atoms with Crippen LogP contribution in [-0.2, 0) is 7.05 Å². The third kappa shape index (κ3) is 4.84. The molecule has 0 unspecified atom stereocenters. The number of anilines is 1. The number of hydrogen-bond donors (Lipinski definition) is 1. The Morgan fingerprint density at radius 3 is 2.44 bits per heavy atom. The predicted octanol–water partition coefficient (Wildman–Crippen LogP) is 4.11. The Labute approximate surface area is 248 Å². The van der Waals surface area contributed by atoms with Gasteiger partial charge >= 0.3 is 0 Å². The number of nitrogens with one attached hydrogen (secondary N) is 1. The lowest BCUT2D eigenvalue weighted by atomic mass is 9.97. The van der Waals surface area contributed by atoms with Crippen molar-refractivity contribution in [3.63, 3.8) is 0 Å². The van der Waals surface area contributed by atoms with E-state index in [0.717, 1.165) is 59.5 Å². The van der Waals surface area contributed by atoms with Gasteiger partial charge in [-0.15, -0.1) is 0 Å². The van der Waals surface area contributed by atoms with Crippen LogP contribution in [0.4, 0.5) is 5.82 Å². The number of nitriles is 1. The zero-order valence-electron chi connectivity index (χ0n) is 24.2. The van der Waals surface area contributed by atoms with E-state index in [1.165, 1.54) is 0 Å². The molecule has 1 amide bonds. The molecule has 0 bridgehead atoms. The lowest BCUT2D eigenvalue weighted by Crippen LogP contribution is -2.45. The first-order chi connectivity index (χ1) is 20.8. The van der Waals surface area contributed by atoms with Crippen LogP contribution in [0, 0.1) is 23.2 Å². The molecule has 1 saturated carbocycles. The number of amides is 1. The molecule has 2 fully saturated rings. The number of rotatable bonds is 6. The third-order valence-electron chi connectivity index (χ3n) is 8.78. The van der Waals surface area contributed by atoms with Gasteiger partial charge in [-0.1, -0.05) is 0 Å². The number of fused-ring (bicyclic) bond motifs is 2. The molecule has 0 radical (unpaired) electrons. The standard InChI is InChI=1S/C32H31N9O2/c1-32(38-31(42)21-5-7-29(43-3)35-13-21)9-23-17-40(18-24(23)10-32)28-6-4-20(12-34-28)27-8-22(26-15-36-39(2)16-26)19-41-30(27)25(11-33)14-37-41/h4-8,12-16,19,23-24H,9-10,17-18H2,1-3H3,(H,38,42)/t23-,24+,32+. The molecule has 5 aromatic rings. The summed E-state index contributed by atoms with van der Waals surface area (Å²) < 4.78 is 8.62. The summed E-state index contributed by atoms with van der Waals surface area (Å²) in [5.41, 5.74) is 5.28. The molecule has 11 nitrogen and oxygen atoms in total. The monoisotopic (exact) mass is 573 g/mol. The minimum Gasteiger partial charge on any atom is -0.481 e. The maximum absolute atomic E-state index is 12.9. The van der Waals surface area contributed by atoms with E-state index in [1.807, 2.05) is 31.8 Å². The van der Waals surface area contributed by atoms with Crippen LogP contribution in [-0.4, -0.2) is 61.0 Å². The summed E-state index contributed by atoms with van der Waals surface area (Å²) in [5, 5.41) is 21.8. The van der Waals surface area contributed by atoms with Gasteiger partial charge < -0.3 is 15.0 Å². The molecule has 11 heteroatoms. The number of aromatic nitrogens is 6. The second-order valence-electron chi connectivity index (χ2n) is 11.9. The number of ether oxygens (including phenoxy) is 1. The number of nitrogens with zero attached hydrogens (tertiary/aromatic N) is 8. The van der Waals surface area contributed by atoms with Crippen molar-refractivity contribution >= 4 is 17.2 Å². The summed E-state index contributed by atoms with van der Waals surface area (Å²) in [5.74, 6) is 2.26. The van der Waals surface area contributed by atoms with Crippen molar-refractivity contribution in [2.75, 3.05) is 25.1 Å². The molecule has 5 aromatic heterocycles. The maximum atomic E-state index is 12.9. The van der Waals surface area contributed by atoms with Crippen molar-refractivity contribution in [2.45, 2.75) is 25.3 Å². The molecule has 216 valence electrons. The predicted molar refractivity (Wildman–Crippen MR) is 160 cm³/mol.